The van der Waals surface area contributed by atoms with Crippen molar-refractivity contribution >= 4 is 22.5 Å². The molecule has 0 aliphatic heterocycles. The van der Waals surface area contributed by atoms with Crippen molar-refractivity contribution in [2.24, 2.45) is 0 Å². The lowest BCUT2D eigenvalue weighted by atomic mass is 10.1. The van der Waals surface area contributed by atoms with Gasteiger partial charge in [-0.05, 0) is 18.2 Å². The summed E-state index contributed by atoms with van der Waals surface area (Å²) in [5.74, 6) is 0. The van der Waals surface area contributed by atoms with Crippen molar-refractivity contribution in [2.75, 3.05) is 0 Å². The third-order valence-corrected chi connectivity index (χ3v) is 2.92. The quantitative estimate of drug-likeness (QED) is 0.497. The predicted octanol–water partition coefficient (Wildman–Crippen LogP) is 2.58. The third kappa shape index (κ3) is 1.76. The maximum Gasteiger partial charge on any atom is 0.215 e. The number of halogens is 1. The van der Waals surface area contributed by atoms with Gasteiger partial charge in [0, 0.05) is 10.6 Å². The van der Waals surface area contributed by atoms with Gasteiger partial charge in [0.05, 0.1) is 10.5 Å². The zero-order chi connectivity index (χ0) is 12.5. The lowest BCUT2D eigenvalue weighted by Gasteiger charge is -2.07. The van der Waals surface area contributed by atoms with Crippen LogP contribution in [0.15, 0.2) is 48.5 Å². The number of fused-ring (bicyclic) bond motifs is 1. The van der Waals surface area contributed by atoms with Gasteiger partial charge in [-0.25, -0.2) is 0 Å². The maximum atomic E-state index is 11.8. The fraction of sp³-hybridized carbons (Fsp3) is 0. The average Bonchev–Trinajstić information content (AvgIpc) is 2.39. The average molecular weight is 258 g/mol. The van der Waals surface area contributed by atoms with E-state index in [1.165, 1.54) is 0 Å². The fourth-order valence-electron chi connectivity index (χ4n) is 1.88. The van der Waals surface area contributed by atoms with Crippen molar-refractivity contribution in [1.29, 1.82) is 0 Å². The van der Waals surface area contributed by atoms with Crippen molar-refractivity contribution in [3.63, 3.8) is 0 Å². The lowest BCUT2D eigenvalue weighted by Crippen LogP contribution is -2.35. The first-order valence-electron chi connectivity index (χ1n) is 5.37. The van der Waals surface area contributed by atoms with Crippen LogP contribution in [0.3, 0.4) is 0 Å². The highest BCUT2D eigenvalue weighted by Gasteiger charge is 2.15. The molecular weight excluding hydrogens is 250 g/mol. The Hall–Kier alpha value is -2.20. The van der Waals surface area contributed by atoms with E-state index in [4.69, 9.17) is 11.6 Å². The van der Waals surface area contributed by atoms with E-state index in [1.54, 1.807) is 18.2 Å². The van der Waals surface area contributed by atoms with Gasteiger partial charge < -0.3 is 5.21 Å². The molecule has 3 aromatic rings. The van der Waals surface area contributed by atoms with E-state index in [9.17, 15) is 5.21 Å². The number of hydrogen-bond donors (Lipinski definition) is 0. The molecule has 0 aliphatic carbocycles. The van der Waals surface area contributed by atoms with Crippen molar-refractivity contribution in [1.82, 2.24) is 10.3 Å². The molecule has 88 valence electrons. The molecule has 5 heteroatoms. The van der Waals surface area contributed by atoms with Crippen LogP contribution < -0.4 is 4.85 Å². The second kappa shape index (κ2) is 4.23. The van der Waals surface area contributed by atoms with Crippen molar-refractivity contribution < 1.29 is 4.85 Å². The summed E-state index contributed by atoms with van der Waals surface area (Å²) in [5.41, 5.74) is 1.89. The van der Waals surface area contributed by atoms with Crippen LogP contribution in [0.5, 0.6) is 0 Å². The summed E-state index contributed by atoms with van der Waals surface area (Å²) < 4.78 is 0. The van der Waals surface area contributed by atoms with E-state index in [1.807, 2.05) is 30.3 Å². The molecule has 0 spiro atoms. The molecule has 0 bridgehead atoms. The molecule has 0 unspecified atom stereocenters. The van der Waals surface area contributed by atoms with Gasteiger partial charge in [0.25, 0.3) is 0 Å². The summed E-state index contributed by atoms with van der Waals surface area (Å²) in [6.07, 6.45) is 0. The van der Waals surface area contributed by atoms with Crippen LogP contribution in [0.2, 0.25) is 5.02 Å². The Morgan fingerprint density at radius 3 is 2.61 bits per heavy atom. The molecule has 2 aromatic carbocycles. The first kappa shape index (κ1) is 10.9. The summed E-state index contributed by atoms with van der Waals surface area (Å²) >= 11 is 5.97. The minimum Gasteiger partial charge on any atom is -0.691 e. The van der Waals surface area contributed by atoms with E-state index in [2.05, 4.69) is 10.3 Å². The van der Waals surface area contributed by atoms with Gasteiger partial charge in [-0.2, -0.15) is 0 Å². The van der Waals surface area contributed by atoms with Crippen molar-refractivity contribution in [2.45, 2.75) is 0 Å². The monoisotopic (exact) mass is 257 g/mol. The summed E-state index contributed by atoms with van der Waals surface area (Å²) in [5, 5.41) is 20.5. The smallest absolute Gasteiger partial charge is 0.215 e. The largest absolute Gasteiger partial charge is 0.691 e. The van der Waals surface area contributed by atoms with Gasteiger partial charge in [0.1, 0.15) is 5.21 Å². The highest BCUT2D eigenvalue weighted by Crippen LogP contribution is 2.25. The highest BCUT2D eigenvalue weighted by atomic mass is 35.5. The van der Waals surface area contributed by atoms with Crippen LogP contribution in [0.25, 0.3) is 22.2 Å². The van der Waals surface area contributed by atoms with Crippen LogP contribution in [0, 0.1) is 5.21 Å². The summed E-state index contributed by atoms with van der Waals surface area (Å²) in [4.78, 5) is 0.522. The first-order chi connectivity index (χ1) is 8.75. The molecule has 3 rings (SSSR count). The molecule has 0 radical (unpaired) electrons. The Labute approximate surface area is 108 Å². The van der Waals surface area contributed by atoms with Gasteiger partial charge in [-0.15, -0.1) is 4.85 Å². The summed E-state index contributed by atoms with van der Waals surface area (Å²) in [7, 11) is 0. The molecule has 1 heterocycles. The van der Waals surface area contributed by atoms with E-state index in [-0.39, 0.29) is 0 Å². The minimum atomic E-state index is 0.461. The topological polar surface area (TPSA) is 52.7 Å². The van der Waals surface area contributed by atoms with E-state index < -0.39 is 0 Å². The highest BCUT2D eigenvalue weighted by molar-refractivity contribution is 6.31. The van der Waals surface area contributed by atoms with Crippen LogP contribution in [-0.2, 0) is 0 Å². The molecule has 0 saturated heterocycles. The number of rotatable bonds is 1. The van der Waals surface area contributed by atoms with Gasteiger partial charge in [0.2, 0.25) is 5.52 Å². The van der Waals surface area contributed by atoms with Crippen LogP contribution >= 0.6 is 11.6 Å². The molecule has 18 heavy (non-hydrogen) atoms. The summed E-state index contributed by atoms with van der Waals surface area (Å²) in [6.45, 7) is 0. The molecule has 0 fully saturated rings. The molecule has 0 N–H and O–H groups in total. The first-order valence-corrected chi connectivity index (χ1v) is 5.75. The van der Waals surface area contributed by atoms with Crippen molar-refractivity contribution in [3.8, 4) is 11.3 Å². The molecule has 1 aromatic heterocycles. The minimum absolute atomic E-state index is 0.461. The Kier molecular flexibility index (Phi) is 2.57. The Bertz CT molecular complexity index is 711. The van der Waals surface area contributed by atoms with Crippen LogP contribution in [0.4, 0.5) is 0 Å². The molecule has 4 nitrogen and oxygen atoms in total. The van der Waals surface area contributed by atoms with Gasteiger partial charge in [-0.3, -0.25) is 0 Å². The Morgan fingerprint density at radius 2 is 1.83 bits per heavy atom. The third-order valence-electron chi connectivity index (χ3n) is 2.69. The lowest BCUT2D eigenvalue weighted by molar-refractivity contribution is -0.662. The zero-order valence-electron chi connectivity index (χ0n) is 9.25. The number of nitrogens with zero attached hydrogens (tertiary/aromatic N) is 3. The van der Waals surface area contributed by atoms with E-state index in [0.717, 1.165) is 5.56 Å². The molecule has 0 saturated carbocycles. The number of benzene rings is 2. The van der Waals surface area contributed by atoms with E-state index >= 15 is 0 Å². The van der Waals surface area contributed by atoms with Crippen LogP contribution in [0.1, 0.15) is 0 Å². The second-order valence-electron chi connectivity index (χ2n) is 3.84. The molecule has 0 atom stereocenters. The fourth-order valence-corrected chi connectivity index (χ4v) is 2.06. The van der Waals surface area contributed by atoms with Crippen LogP contribution in [-0.4, -0.2) is 10.3 Å². The molecule has 0 aliphatic rings. The van der Waals surface area contributed by atoms with Gasteiger partial charge in [0.15, 0.2) is 5.69 Å². The standard InChI is InChI=1S/C13H8ClN3O/c14-10-6-7-12-11(8-10)13(17(18)16-15-12)9-4-2-1-3-5-9/h1-8H. The molecular formula is C13H8ClN3O. The van der Waals surface area contributed by atoms with E-state index in [0.29, 0.717) is 26.5 Å². The number of aromatic nitrogens is 3. The zero-order valence-corrected chi connectivity index (χ0v) is 10.0. The van der Waals surface area contributed by atoms with Gasteiger partial charge in [-0.1, -0.05) is 41.9 Å². The Balaban J connectivity index is 2.40. The van der Waals surface area contributed by atoms with Crippen molar-refractivity contribution in [3.05, 3.63) is 58.8 Å². The Morgan fingerprint density at radius 1 is 1.06 bits per heavy atom. The SMILES string of the molecule is [O-][n+]1nnc2ccc(Cl)cc2c1-c1ccccc1. The second-order valence-corrected chi connectivity index (χ2v) is 4.27. The maximum absolute atomic E-state index is 11.8. The predicted molar refractivity (Wildman–Crippen MR) is 68.9 cm³/mol. The molecule has 0 amide bonds. The normalized spacial score (nSPS) is 10.7. The number of hydrogen-bond acceptors (Lipinski definition) is 3. The summed E-state index contributed by atoms with van der Waals surface area (Å²) in [6, 6.07) is 14.5. The van der Waals surface area contributed by atoms with Gasteiger partial charge >= 0.3 is 0 Å².